The van der Waals surface area contributed by atoms with Crippen molar-refractivity contribution < 1.29 is 23.4 Å². The molecule has 1 aliphatic carbocycles. The summed E-state index contributed by atoms with van der Waals surface area (Å²) in [7, 11) is 0. The predicted octanol–water partition coefficient (Wildman–Crippen LogP) is 2.93. The minimum atomic E-state index is -1.67. The Morgan fingerprint density at radius 1 is 1.37 bits per heavy atom. The molecule has 12 heteroatoms. The number of halogens is 1. The van der Waals surface area contributed by atoms with Crippen LogP contribution in [0.1, 0.15) is 53.8 Å². The lowest BCUT2D eigenvalue weighted by atomic mass is 9.67. The third-order valence-corrected chi connectivity index (χ3v) is 7.70. The van der Waals surface area contributed by atoms with E-state index in [0.717, 1.165) is 38.1 Å². The molecule has 0 aromatic carbocycles. The number of Topliss-reactive ketones (excluding diaryl/α,β-unsaturated/α-hetero) is 1. The summed E-state index contributed by atoms with van der Waals surface area (Å²) in [5.41, 5.74) is 4.80. The number of rotatable bonds is 7. The Labute approximate surface area is 205 Å². The number of fused-ring (bicyclic) bond motifs is 1. The van der Waals surface area contributed by atoms with E-state index in [4.69, 9.17) is 25.4 Å². The summed E-state index contributed by atoms with van der Waals surface area (Å²) in [5.74, 6) is -0.701. The molecule has 3 aliphatic rings. The number of nitrogens with two attached hydrogens (primary N) is 1. The summed E-state index contributed by atoms with van der Waals surface area (Å²) in [5, 5.41) is 10.7. The number of hydrogen-bond acceptors (Lipinski definition) is 11. The minimum Gasteiger partial charge on any atom is -0.465 e. The number of carbonyl (C=O) groups excluding carboxylic acids is 1. The maximum atomic E-state index is 13.5. The number of aliphatic imine (C=N–C) groups is 1. The number of ether oxygens (including phenoxy) is 3. The highest BCUT2D eigenvalue weighted by Crippen LogP contribution is 2.52. The maximum Gasteiger partial charge on any atom is 0.282 e. The van der Waals surface area contributed by atoms with Crippen molar-refractivity contribution in [2.45, 2.75) is 50.1 Å². The van der Waals surface area contributed by atoms with Gasteiger partial charge >= 0.3 is 0 Å². The van der Waals surface area contributed by atoms with Crippen LogP contribution in [0, 0.1) is 11.3 Å². The molecule has 1 saturated heterocycles. The van der Waals surface area contributed by atoms with Crippen LogP contribution in [0.15, 0.2) is 34.9 Å². The second-order valence-corrected chi connectivity index (χ2v) is 9.75. The van der Waals surface area contributed by atoms with Crippen molar-refractivity contribution in [3.63, 3.8) is 0 Å². The molecular weight excluding hydrogens is 475 g/mol. The van der Waals surface area contributed by atoms with E-state index >= 15 is 0 Å². The van der Waals surface area contributed by atoms with E-state index in [0.29, 0.717) is 18.2 Å². The molecule has 0 radical (unpaired) electrons. The quantitative estimate of drug-likeness (QED) is 0.335. The van der Waals surface area contributed by atoms with E-state index < -0.39 is 17.7 Å². The highest BCUT2D eigenvalue weighted by molar-refractivity contribution is 7.10. The van der Waals surface area contributed by atoms with Crippen molar-refractivity contribution in [3.05, 3.63) is 46.3 Å². The molecule has 2 aromatic rings. The number of allylic oxidation sites excluding steroid dienone is 1. The Morgan fingerprint density at radius 3 is 2.89 bits per heavy atom. The summed E-state index contributed by atoms with van der Waals surface area (Å²) in [4.78, 5) is 30.0. The van der Waals surface area contributed by atoms with E-state index in [2.05, 4.69) is 19.9 Å². The number of aromatic nitrogens is 3. The number of carbonyl (C=O) groups is 1. The van der Waals surface area contributed by atoms with Crippen LogP contribution in [-0.2, 0) is 15.0 Å². The lowest BCUT2D eigenvalue weighted by Crippen LogP contribution is -2.58. The van der Waals surface area contributed by atoms with Crippen LogP contribution in [0.4, 0.5) is 4.39 Å². The third-order valence-electron chi connectivity index (χ3n) is 6.69. The molecular formula is C23H25FN6O4S. The zero-order chi connectivity index (χ0) is 24.6. The molecule has 2 aliphatic heterocycles. The highest BCUT2D eigenvalue weighted by Gasteiger charge is 2.56. The molecule has 4 heterocycles. The summed E-state index contributed by atoms with van der Waals surface area (Å²) in [6.07, 6.45) is 7.32. The van der Waals surface area contributed by atoms with Crippen molar-refractivity contribution in [2.75, 3.05) is 13.2 Å². The zero-order valence-electron chi connectivity index (χ0n) is 19.1. The van der Waals surface area contributed by atoms with E-state index in [1.807, 2.05) is 0 Å². The van der Waals surface area contributed by atoms with Crippen LogP contribution >= 0.6 is 11.3 Å². The van der Waals surface area contributed by atoms with E-state index in [-0.39, 0.29) is 40.5 Å². The largest absolute Gasteiger partial charge is 0.465 e. The molecule has 1 unspecified atom stereocenters. The van der Waals surface area contributed by atoms with Crippen LogP contribution in [0.2, 0.25) is 0 Å². The molecule has 10 nitrogen and oxygen atoms in total. The fourth-order valence-electron chi connectivity index (χ4n) is 4.63. The van der Waals surface area contributed by atoms with Crippen molar-refractivity contribution in [1.82, 2.24) is 15.0 Å². The molecule has 0 bridgehead atoms. The standard InChI is InChI=1S/C23H25FN6O4S/c1-2-4-16(24)34-17-9-27-14(8-28-17)19(31)18(25)15-11-35-20(29-15)23-12-33-22(5-3-6-22)7-13(23)10-32-21(26)30-23/h2,4,8-9,11,13,16,25H,3,5-7,10,12H2,1H3,(H2,26,30)/b4-2+,25-18?/t13-,16?,23-/m0/s1. The molecule has 5 rings (SSSR count). The fraction of sp³-hybridized carbons (Fsp3) is 0.478. The summed E-state index contributed by atoms with van der Waals surface area (Å²) in [6, 6.07) is 0.0832. The van der Waals surface area contributed by atoms with Crippen molar-refractivity contribution in [3.8, 4) is 5.88 Å². The van der Waals surface area contributed by atoms with Gasteiger partial charge in [-0.15, -0.1) is 11.3 Å². The molecule has 35 heavy (non-hydrogen) atoms. The molecule has 3 N–H and O–H groups in total. The van der Waals surface area contributed by atoms with Crippen molar-refractivity contribution in [2.24, 2.45) is 16.6 Å². The van der Waals surface area contributed by atoms with E-state index in [9.17, 15) is 9.18 Å². The smallest absolute Gasteiger partial charge is 0.282 e. The molecule has 3 atom stereocenters. The minimum absolute atomic E-state index is 0.0352. The normalized spacial score (nSPS) is 25.8. The first-order valence-corrected chi connectivity index (χ1v) is 12.2. The van der Waals surface area contributed by atoms with Crippen LogP contribution in [-0.4, -0.2) is 57.6 Å². The maximum absolute atomic E-state index is 13.5. The molecule has 184 valence electrons. The average molecular weight is 501 g/mol. The number of thiazole rings is 1. The van der Waals surface area contributed by atoms with Gasteiger partial charge in [-0.2, -0.15) is 4.39 Å². The van der Waals surface area contributed by atoms with Crippen molar-refractivity contribution >= 4 is 28.9 Å². The van der Waals surface area contributed by atoms with Gasteiger partial charge in [0.15, 0.2) is 0 Å². The molecule has 2 fully saturated rings. The predicted molar refractivity (Wildman–Crippen MR) is 126 cm³/mol. The molecule has 2 aromatic heterocycles. The topological polar surface area (TPSA) is 146 Å². The SMILES string of the molecule is C/C=C/C(F)Oc1cnc(C(=O)C(=N)c2csc([C@]34COC5(CCC5)C[C@H]3COC(N)=N4)n2)cn1. The first-order valence-electron chi connectivity index (χ1n) is 11.3. The van der Waals surface area contributed by atoms with Crippen molar-refractivity contribution in [1.29, 1.82) is 5.41 Å². The van der Waals surface area contributed by atoms with E-state index in [1.54, 1.807) is 12.3 Å². The number of amidine groups is 1. The average Bonchev–Trinajstić information content (AvgIpc) is 3.33. The van der Waals surface area contributed by atoms with Crippen LogP contribution in [0.3, 0.4) is 0 Å². The summed E-state index contributed by atoms with van der Waals surface area (Å²) < 4.78 is 30.3. The Hall–Kier alpha value is -3.25. The Balaban J connectivity index is 1.34. The number of hydrogen-bond donors (Lipinski definition) is 2. The zero-order valence-corrected chi connectivity index (χ0v) is 19.9. The Bertz CT molecular complexity index is 1190. The van der Waals surface area contributed by atoms with Gasteiger partial charge in [-0.3, -0.25) is 10.2 Å². The molecule has 0 amide bonds. The third kappa shape index (κ3) is 4.31. The fourth-order valence-corrected chi connectivity index (χ4v) is 5.65. The number of nitrogens with zero attached hydrogens (tertiary/aromatic N) is 4. The van der Waals surface area contributed by atoms with E-state index in [1.165, 1.54) is 23.5 Å². The van der Waals surface area contributed by atoms with Gasteiger partial charge in [-0.25, -0.2) is 19.9 Å². The van der Waals surface area contributed by atoms with Gasteiger partial charge in [0.25, 0.3) is 12.4 Å². The van der Waals surface area contributed by atoms with Gasteiger partial charge in [-0.05, 0) is 38.7 Å². The first-order chi connectivity index (χ1) is 16.8. The Morgan fingerprint density at radius 2 is 2.20 bits per heavy atom. The van der Waals surface area contributed by atoms with Gasteiger partial charge in [0.05, 0.1) is 31.2 Å². The number of alkyl halides is 1. The second kappa shape index (κ2) is 9.08. The molecule has 1 spiro atoms. The van der Waals surface area contributed by atoms with Gasteiger partial charge in [-0.1, -0.05) is 6.08 Å². The van der Waals surface area contributed by atoms with Gasteiger partial charge in [0.1, 0.15) is 27.6 Å². The van der Waals surface area contributed by atoms with Crippen LogP contribution < -0.4 is 10.5 Å². The highest BCUT2D eigenvalue weighted by atomic mass is 32.1. The monoisotopic (exact) mass is 500 g/mol. The number of ketones is 1. The number of nitrogens with one attached hydrogen (secondary N) is 1. The Kier molecular flexibility index (Phi) is 6.09. The second-order valence-electron chi connectivity index (χ2n) is 8.89. The summed E-state index contributed by atoms with van der Waals surface area (Å²) in [6.45, 7) is 2.41. The summed E-state index contributed by atoms with van der Waals surface area (Å²) >= 11 is 1.31. The van der Waals surface area contributed by atoms with Crippen LogP contribution in [0.5, 0.6) is 5.88 Å². The molecule has 1 saturated carbocycles. The lowest BCUT2D eigenvalue weighted by molar-refractivity contribution is -0.182. The van der Waals surface area contributed by atoms with Gasteiger partial charge in [0.2, 0.25) is 11.7 Å². The lowest BCUT2D eigenvalue weighted by Gasteiger charge is -2.53. The van der Waals surface area contributed by atoms with Gasteiger partial charge in [0, 0.05) is 11.3 Å². The van der Waals surface area contributed by atoms with Crippen LogP contribution in [0.25, 0.3) is 0 Å². The first kappa shape index (κ1) is 23.5. The van der Waals surface area contributed by atoms with Gasteiger partial charge < -0.3 is 19.9 Å².